The van der Waals surface area contributed by atoms with E-state index in [1.54, 1.807) is 0 Å². The van der Waals surface area contributed by atoms with Crippen LogP contribution in [-0.2, 0) is 4.79 Å². The third kappa shape index (κ3) is 4.18. The molecular weight excluding hydrogens is 234 g/mol. The fraction of sp³-hybridized carbons (Fsp3) is 0.923. The molecule has 0 radical (unpaired) electrons. The van der Waals surface area contributed by atoms with Crippen molar-refractivity contribution in [2.24, 2.45) is 0 Å². The van der Waals surface area contributed by atoms with Gasteiger partial charge in [0.25, 0.3) is 0 Å². The number of carboxylic acid groups (broad SMARTS) is 1. The summed E-state index contributed by atoms with van der Waals surface area (Å²) < 4.78 is 0. The Labute approximate surface area is 109 Å². The summed E-state index contributed by atoms with van der Waals surface area (Å²) in [6.07, 6.45) is 4.71. The minimum atomic E-state index is -0.667. The Kier molecular flexibility index (Phi) is 5.80. The first-order valence-corrected chi connectivity index (χ1v) is 7.58. The molecule has 0 heterocycles. The molecule has 3 nitrogen and oxygen atoms in total. The zero-order valence-electron chi connectivity index (χ0n) is 11.2. The molecular formula is C13H25NO2S. The van der Waals surface area contributed by atoms with Gasteiger partial charge in [-0.1, -0.05) is 20.8 Å². The van der Waals surface area contributed by atoms with Gasteiger partial charge >= 0.3 is 5.97 Å². The second-order valence-corrected chi connectivity index (χ2v) is 7.10. The minimum Gasteiger partial charge on any atom is -0.480 e. The Morgan fingerprint density at radius 1 is 1.59 bits per heavy atom. The molecule has 0 aliphatic heterocycles. The van der Waals surface area contributed by atoms with E-state index in [2.05, 4.69) is 26.1 Å². The van der Waals surface area contributed by atoms with Gasteiger partial charge in [0.05, 0.1) is 0 Å². The lowest BCUT2D eigenvalue weighted by atomic mass is 9.81. The maximum atomic E-state index is 11.5. The van der Waals surface area contributed by atoms with E-state index in [1.165, 1.54) is 0 Å². The van der Waals surface area contributed by atoms with Gasteiger partial charge in [0.15, 0.2) is 0 Å². The van der Waals surface area contributed by atoms with E-state index in [0.717, 1.165) is 38.6 Å². The van der Waals surface area contributed by atoms with Crippen molar-refractivity contribution in [3.05, 3.63) is 0 Å². The molecule has 1 fully saturated rings. The highest BCUT2D eigenvalue weighted by atomic mass is 32.2. The molecule has 2 unspecified atom stereocenters. The van der Waals surface area contributed by atoms with E-state index in [4.69, 9.17) is 0 Å². The zero-order chi connectivity index (χ0) is 12.9. The standard InChI is InChI=1S/C13H25NO2S/c1-4-8-14-13(12(15)16)7-5-6-11(9-13)17-10(2)3/h10-11,14H,4-9H2,1-3H3,(H,15,16). The first kappa shape index (κ1) is 14.8. The van der Waals surface area contributed by atoms with Crippen LogP contribution in [0.1, 0.15) is 52.9 Å². The SMILES string of the molecule is CCCNC1(C(=O)O)CCCC(SC(C)C)C1. The van der Waals surface area contributed by atoms with Crippen LogP contribution in [0.3, 0.4) is 0 Å². The van der Waals surface area contributed by atoms with Gasteiger partial charge in [-0.25, -0.2) is 0 Å². The van der Waals surface area contributed by atoms with Gasteiger partial charge in [0.1, 0.15) is 5.54 Å². The number of nitrogens with one attached hydrogen (secondary N) is 1. The van der Waals surface area contributed by atoms with Gasteiger partial charge in [-0.05, 0) is 43.9 Å². The number of rotatable bonds is 6. The van der Waals surface area contributed by atoms with E-state index in [9.17, 15) is 9.90 Å². The van der Waals surface area contributed by atoms with Crippen molar-refractivity contribution in [2.45, 2.75) is 68.9 Å². The summed E-state index contributed by atoms with van der Waals surface area (Å²) in [5, 5.41) is 13.8. The van der Waals surface area contributed by atoms with Crippen LogP contribution in [0.15, 0.2) is 0 Å². The fourth-order valence-electron chi connectivity index (χ4n) is 2.52. The highest BCUT2D eigenvalue weighted by Crippen LogP contribution is 2.36. The van der Waals surface area contributed by atoms with Crippen molar-refractivity contribution in [3.8, 4) is 0 Å². The highest BCUT2D eigenvalue weighted by molar-refractivity contribution is 8.00. The summed E-state index contributed by atoms with van der Waals surface area (Å²) in [4.78, 5) is 11.5. The van der Waals surface area contributed by atoms with E-state index >= 15 is 0 Å². The van der Waals surface area contributed by atoms with Gasteiger partial charge in [-0.15, -0.1) is 0 Å². The lowest BCUT2D eigenvalue weighted by molar-refractivity contribution is -0.146. The normalized spacial score (nSPS) is 29.5. The van der Waals surface area contributed by atoms with Crippen LogP contribution in [0.25, 0.3) is 0 Å². The molecule has 4 heteroatoms. The Morgan fingerprint density at radius 3 is 2.82 bits per heavy atom. The van der Waals surface area contributed by atoms with E-state index in [0.29, 0.717) is 10.5 Å². The molecule has 1 rings (SSSR count). The number of carbonyl (C=O) groups is 1. The monoisotopic (exact) mass is 259 g/mol. The maximum absolute atomic E-state index is 11.5. The van der Waals surface area contributed by atoms with Gasteiger partial charge < -0.3 is 10.4 Å². The average molecular weight is 259 g/mol. The number of carboxylic acids is 1. The first-order valence-electron chi connectivity index (χ1n) is 6.64. The molecule has 2 N–H and O–H groups in total. The molecule has 100 valence electrons. The number of hydrogen-bond donors (Lipinski definition) is 2. The van der Waals surface area contributed by atoms with Crippen molar-refractivity contribution >= 4 is 17.7 Å². The Bertz CT molecular complexity index is 258. The third-order valence-corrected chi connectivity index (χ3v) is 4.62. The molecule has 0 aromatic carbocycles. The lowest BCUT2D eigenvalue weighted by Crippen LogP contribution is -2.55. The van der Waals surface area contributed by atoms with Gasteiger partial charge in [0.2, 0.25) is 0 Å². The van der Waals surface area contributed by atoms with Crippen molar-refractivity contribution in [3.63, 3.8) is 0 Å². The fourth-order valence-corrected chi connectivity index (χ4v) is 3.97. The summed E-state index contributed by atoms with van der Waals surface area (Å²) in [7, 11) is 0. The Balaban J connectivity index is 2.66. The van der Waals surface area contributed by atoms with Crippen LogP contribution in [0.5, 0.6) is 0 Å². The molecule has 2 atom stereocenters. The number of hydrogen-bond acceptors (Lipinski definition) is 3. The van der Waals surface area contributed by atoms with Crippen LogP contribution in [0.2, 0.25) is 0 Å². The summed E-state index contributed by atoms with van der Waals surface area (Å²) in [6.45, 7) is 7.24. The number of aliphatic carboxylic acids is 1. The quantitative estimate of drug-likeness (QED) is 0.770. The second kappa shape index (κ2) is 6.64. The van der Waals surface area contributed by atoms with Crippen LogP contribution < -0.4 is 5.32 Å². The van der Waals surface area contributed by atoms with E-state index in [-0.39, 0.29) is 0 Å². The van der Waals surface area contributed by atoms with Crippen LogP contribution in [-0.4, -0.2) is 33.7 Å². The topological polar surface area (TPSA) is 49.3 Å². The van der Waals surface area contributed by atoms with Crippen molar-refractivity contribution < 1.29 is 9.90 Å². The summed E-state index contributed by atoms with van der Waals surface area (Å²) in [5.41, 5.74) is -0.666. The van der Waals surface area contributed by atoms with Crippen molar-refractivity contribution in [1.82, 2.24) is 5.32 Å². The summed E-state index contributed by atoms with van der Waals surface area (Å²) >= 11 is 1.93. The smallest absolute Gasteiger partial charge is 0.323 e. The zero-order valence-corrected chi connectivity index (χ0v) is 12.0. The Morgan fingerprint density at radius 2 is 2.29 bits per heavy atom. The molecule has 0 saturated heterocycles. The summed E-state index contributed by atoms with van der Waals surface area (Å²) in [6, 6.07) is 0. The van der Waals surface area contributed by atoms with E-state index in [1.807, 2.05) is 11.8 Å². The lowest BCUT2D eigenvalue weighted by Gasteiger charge is -2.38. The molecule has 0 aromatic heterocycles. The van der Waals surface area contributed by atoms with Crippen LogP contribution in [0.4, 0.5) is 0 Å². The third-order valence-electron chi connectivity index (χ3n) is 3.29. The predicted octanol–water partition coefficient (Wildman–Crippen LogP) is 2.89. The van der Waals surface area contributed by atoms with Crippen LogP contribution >= 0.6 is 11.8 Å². The largest absolute Gasteiger partial charge is 0.480 e. The summed E-state index contributed by atoms with van der Waals surface area (Å²) in [5.74, 6) is -0.667. The minimum absolute atomic E-state index is 0.490. The first-order chi connectivity index (χ1) is 8.00. The molecule has 17 heavy (non-hydrogen) atoms. The predicted molar refractivity (Wildman–Crippen MR) is 73.6 cm³/mol. The maximum Gasteiger partial charge on any atom is 0.323 e. The van der Waals surface area contributed by atoms with Gasteiger partial charge in [-0.3, -0.25) is 4.79 Å². The Hall–Kier alpha value is -0.220. The number of thioether (sulfide) groups is 1. The second-order valence-electron chi connectivity index (χ2n) is 5.22. The molecule has 1 aliphatic rings. The average Bonchev–Trinajstić information content (AvgIpc) is 2.25. The van der Waals surface area contributed by atoms with Gasteiger partial charge in [0, 0.05) is 5.25 Å². The van der Waals surface area contributed by atoms with Crippen molar-refractivity contribution in [2.75, 3.05) is 6.54 Å². The molecule has 0 bridgehead atoms. The van der Waals surface area contributed by atoms with E-state index < -0.39 is 11.5 Å². The van der Waals surface area contributed by atoms with Gasteiger partial charge in [-0.2, -0.15) is 11.8 Å². The molecule has 0 spiro atoms. The highest BCUT2D eigenvalue weighted by Gasteiger charge is 2.42. The molecule has 1 aliphatic carbocycles. The molecule has 0 amide bonds. The van der Waals surface area contributed by atoms with Crippen LogP contribution in [0, 0.1) is 0 Å². The molecule has 1 saturated carbocycles. The van der Waals surface area contributed by atoms with Crippen molar-refractivity contribution in [1.29, 1.82) is 0 Å². The molecule has 0 aromatic rings.